The van der Waals surface area contributed by atoms with E-state index in [9.17, 15) is 18.0 Å². The predicted molar refractivity (Wildman–Crippen MR) is 135 cm³/mol. The Morgan fingerprint density at radius 3 is 2.73 bits per heavy atom. The molecule has 0 aliphatic carbocycles. The number of fused-ring (bicyclic) bond motifs is 1. The third-order valence-corrected chi connectivity index (χ3v) is 9.39. The summed E-state index contributed by atoms with van der Waals surface area (Å²) in [4.78, 5) is 32.9. The highest BCUT2D eigenvalue weighted by molar-refractivity contribution is 7.91. The molecular formula is C26H34N4O6S. The first-order valence-electron chi connectivity index (χ1n) is 13.1. The molecule has 0 radical (unpaired) electrons. The van der Waals surface area contributed by atoms with Crippen LogP contribution in [0.3, 0.4) is 0 Å². The average molecular weight is 531 g/mol. The highest BCUT2D eigenvalue weighted by Crippen LogP contribution is 2.31. The number of carbonyl (C=O) groups is 2. The second-order valence-corrected chi connectivity index (χ2v) is 12.4. The molecule has 3 aliphatic heterocycles. The third kappa shape index (κ3) is 5.87. The van der Waals surface area contributed by atoms with E-state index in [-0.39, 0.29) is 40.7 Å². The van der Waals surface area contributed by atoms with Gasteiger partial charge in [0.15, 0.2) is 15.7 Å². The van der Waals surface area contributed by atoms with Crippen molar-refractivity contribution in [1.82, 2.24) is 15.0 Å². The van der Waals surface area contributed by atoms with Crippen molar-refractivity contribution in [3.63, 3.8) is 0 Å². The number of rotatable bonds is 7. The van der Waals surface area contributed by atoms with Crippen LogP contribution in [0.4, 0.5) is 5.69 Å². The van der Waals surface area contributed by atoms with Crippen LogP contribution in [-0.2, 0) is 37.0 Å². The maximum Gasteiger partial charge on any atom is 0.226 e. The summed E-state index contributed by atoms with van der Waals surface area (Å²) in [6.07, 6.45) is 4.81. The first-order chi connectivity index (χ1) is 17.8. The molecule has 2 fully saturated rings. The first-order valence-corrected chi connectivity index (χ1v) is 14.8. The molecule has 4 heterocycles. The SMILES string of the molecule is CC(=O)N1CCc2cc(S(=O)(=O)CCC(=O)N3CCCC(Cc4nc(C5CCOCC5)no4)C3)ccc21. The van der Waals surface area contributed by atoms with Crippen LogP contribution in [0.2, 0.25) is 0 Å². The number of benzene rings is 1. The molecule has 2 amide bonds. The predicted octanol–water partition coefficient (Wildman–Crippen LogP) is 2.52. The standard InChI is InChI=1S/C26H34N4O6S/c1-18(31)30-11-6-21-16-22(4-5-23(21)30)37(33,34)14-9-25(32)29-10-2-3-19(17-29)15-24-27-26(28-36-24)20-7-12-35-13-8-20/h4-5,16,19-20H,2-3,6-15,17H2,1H3. The molecule has 37 heavy (non-hydrogen) atoms. The highest BCUT2D eigenvalue weighted by atomic mass is 32.2. The maximum absolute atomic E-state index is 13.0. The van der Waals surface area contributed by atoms with E-state index in [1.807, 2.05) is 0 Å². The Kier molecular flexibility index (Phi) is 7.62. The molecule has 200 valence electrons. The van der Waals surface area contributed by atoms with Crippen molar-refractivity contribution in [2.75, 3.05) is 43.5 Å². The second kappa shape index (κ2) is 10.9. The smallest absolute Gasteiger partial charge is 0.226 e. The number of anilines is 1. The number of hydrogen-bond acceptors (Lipinski definition) is 8. The topological polar surface area (TPSA) is 123 Å². The zero-order valence-electron chi connectivity index (χ0n) is 21.2. The fourth-order valence-corrected chi connectivity index (χ4v) is 6.85. The van der Waals surface area contributed by atoms with E-state index >= 15 is 0 Å². The van der Waals surface area contributed by atoms with Gasteiger partial charge in [-0.05, 0) is 61.8 Å². The van der Waals surface area contributed by atoms with Gasteiger partial charge >= 0.3 is 0 Å². The molecule has 3 aliphatic rings. The summed E-state index contributed by atoms with van der Waals surface area (Å²) in [7, 11) is -3.62. The Balaban J connectivity index is 1.15. The van der Waals surface area contributed by atoms with Gasteiger partial charge < -0.3 is 19.1 Å². The van der Waals surface area contributed by atoms with Gasteiger partial charge in [0.25, 0.3) is 0 Å². The molecule has 10 nitrogen and oxygen atoms in total. The second-order valence-electron chi connectivity index (χ2n) is 10.3. The number of nitrogens with zero attached hydrogens (tertiary/aromatic N) is 4. The molecular weight excluding hydrogens is 496 g/mol. The van der Waals surface area contributed by atoms with E-state index in [1.54, 1.807) is 21.9 Å². The van der Waals surface area contributed by atoms with Crippen molar-refractivity contribution in [2.45, 2.75) is 62.7 Å². The Labute approximate surface area is 217 Å². The summed E-state index contributed by atoms with van der Waals surface area (Å²) in [6.45, 7) is 4.69. The summed E-state index contributed by atoms with van der Waals surface area (Å²) in [6, 6.07) is 4.88. The fourth-order valence-electron chi connectivity index (χ4n) is 5.57. The van der Waals surface area contributed by atoms with Gasteiger partial charge in [0.2, 0.25) is 17.7 Å². The number of carbonyl (C=O) groups excluding carboxylic acids is 2. The monoisotopic (exact) mass is 530 g/mol. The van der Waals surface area contributed by atoms with Crippen LogP contribution >= 0.6 is 0 Å². The van der Waals surface area contributed by atoms with E-state index in [0.717, 1.165) is 56.0 Å². The number of aromatic nitrogens is 2. The van der Waals surface area contributed by atoms with Crippen LogP contribution in [0.15, 0.2) is 27.6 Å². The van der Waals surface area contributed by atoms with E-state index in [0.29, 0.717) is 38.4 Å². The Bertz CT molecular complexity index is 1250. The minimum atomic E-state index is -3.62. The highest BCUT2D eigenvalue weighted by Gasteiger charge is 2.29. The van der Waals surface area contributed by atoms with Crippen LogP contribution in [0, 0.1) is 5.92 Å². The van der Waals surface area contributed by atoms with Crippen molar-refractivity contribution in [2.24, 2.45) is 5.92 Å². The molecule has 2 aromatic rings. The third-order valence-electron chi connectivity index (χ3n) is 7.68. The van der Waals surface area contributed by atoms with Crippen molar-refractivity contribution in [1.29, 1.82) is 0 Å². The molecule has 5 rings (SSSR count). The van der Waals surface area contributed by atoms with Gasteiger partial charge in [-0.15, -0.1) is 0 Å². The lowest BCUT2D eigenvalue weighted by atomic mass is 9.94. The van der Waals surface area contributed by atoms with E-state index in [2.05, 4.69) is 10.1 Å². The molecule has 11 heteroatoms. The fraction of sp³-hybridized carbons (Fsp3) is 0.615. The van der Waals surface area contributed by atoms with Crippen LogP contribution in [0.5, 0.6) is 0 Å². The Morgan fingerprint density at radius 1 is 1.14 bits per heavy atom. The minimum Gasteiger partial charge on any atom is -0.381 e. The number of sulfone groups is 1. The zero-order chi connectivity index (χ0) is 26.0. The lowest BCUT2D eigenvalue weighted by Gasteiger charge is -2.32. The molecule has 1 aromatic heterocycles. The molecule has 1 atom stereocenters. The van der Waals surface area contributed by atoms with Crippen LogP contribution < -0.4 is 4.90 Å². The van der Waals surface area contributed by atoms with Gasteiger partial charge in [0.05, 0.1) is 10.6 Å². The van der Waals surface area contributed by atoms with E-state index < -0.39 is 9.84 Å². The van der Waals surface area contributed by atoms with Gasteiger partial charge in [0.1, 0.15) is 0 Å². The Hall–Kier alpha value is -2.79. The molecule has 0 saturated carbocycles. The van der Waals surface area contributed by atoms with E-state index in [1.165, 1.54) is 13.0 Å². The lowest BCUT2D eigenvalue weighted by Crippen LogP contribution is -2.41. The van der Waals surface area contributed by atoms with Gasteiger partial charge in [-0.25, -0.2) is 8.42 Å². The summed E-state index contributed by atoms with van der Waals surface area (Å²) < 4.78 is 36.9. The molecule has 0 N–H and O–H groups in total. The molecule has 0 bridgehead atoms. The maximum atomic E-state index is 13.0. The first kappa shape index (κ1) is 25.8. The number of likely N-dealkylation sites (tertiary alicyclic amines) is 1. The van der Waals surface area contributed by atoms with Gasteiger partial charge in [0, 0.05) is 64.2 Å². The van der Waals surface area contributed by atoms with Crippen molar-refractivity contribution in [3.8, 4) is 0 Å². The summed E-state index contributed by atoms with van der Waals surface area (Å²) in [5.74, 6) is 1.38. The largest absolute Gasteiger partial charge is 0.381 e. The van der Waals surface area contributed by atoms with Crippen LogP contribution in [0.25, 0.3) is 0 Å². The summed E-state index contributed by atoms with van der Waals surface area (Å²) in [5.41, 5.74) is 1.62. The summed E-state index contributed by atoms with van der Waals surface area (Å²) in [5, 5.41) is 4.17. The van der Waals surface area contributed by atoms with Crippen molar-refractivity contribution >= 4 is 27.3 Å². The average Bonchev–Trinajstić information content (AvgIpc) is 3.55. The van der Waals surface area contributed by atoms with Crippen LogP contribution in [0.1, 0.15) is 62.2 Å². The van der Waals surface area contributed by atoms with Crippen LogP contribution in [-0.4, -0.2) is 73.9 Å². The molecule has 1 aromatic carbocycles. The van der Waals surface area contributed by atoms with Gasteiger partial charge in [-0.2, -0.15) is 4.98 Å². The Morgan fingerprint density at radius 2 is 1.95 bits per heavy atom. The molecule has 1 unspecified atom stereocenters. The number of ether oxygens (including phenoxy) is 1. The van der Waals surface area contributed by atoms with E-state index in [4.69, 9.17) is 9.26 Å². The number of amides is 2. The number of hydrogen-bond donors (Lipinski definition) is 0. The summed E-state index contributed by atoms with van der Waals surface area (Å²) >= 11 is 0. The zero-order valence-corrected chi connectivity index (χ0v) is 22.0. The molecule has 0 spiro atoms. The minimum absolute atomic E-state index is 0.0554. The molecule has 2 saturated heterocycles. The normalized spacial score (nSPS) is 20.7. The van der Waals surface area contributed by atoms with Crippen molar-refractivity contribution < 1.29 is 27.3 Å². The van der Waals surface area contributed by atoms with Gasteiger partial charge in [-0.1, -0.05) is 5.16 Å². The van der Waals surface area contributed by atoms with Crippen molar-refractivity contribution in [3.05, 3.63) is 35.5 Å². The quantitative estimate of drug-likeness (QED) is 0.535. The lowest BCUT2D eigenvalue weighted by molar-refractivity contribution is -0.132. The number of piperidine rings is 1. The van der Waals surface area contributed by atoms with Gasteiger partial charge in [-0.3, -0.25) is 9.59 Å².